The fraction of sp³-hybridized carbons (Fsp3) is 0. The molecule has 1 fully saturated rings. The molecule has 0 spiro atoms. The van der Waals surface area contributed by atoms with Crippen molar-refractivity contribution in [1.82, 2.24) is 0 Å². The molecule has 0 amide bonds. The van der Waals surface area contributed by atoms with Crippen LogP contribution < -0.4 is 34.2 Å². The zero-order chi connectivity index (χ0) is 21.2. The molecule has 0 saturated carbocycles. The summed E-state index contributed by atoms with van der Waals surface area (Å²) in [6, 6.07) is 0. The minimum atomic E-state index is -6.11. The Morgan fingerprint density at radius 2 is 0.519 bits per heavy atom. The Kier molecular flexibility index (Phi) is 12.4. The van der Waals surface area contributed by atoms with Crippen LogP contribution >= 0.6 is 58.8 Å². The van der Waals surface area contributed by atoms with Crippen LogP contribution in [0.1, 0.15) is 0 Å². The van der Waals surface area contributed by atoms with E-state index in [1.54, 1.807) is 0 Å². The smallest absolute Gasteiger partial charge is 0.769 e. The second-order valence-corrected chi connectivity index (χ2v) is 12.8. The molecule has 0 atom stereocenters. The van der Waals surface area contributed by atoms with Crippen LogP contribution in [0.15, 0.2) is 0 Å². The number of hydrogen-bond donors (Lipinski definition) is 6. The SMILES string of the molecule is O=P1(O)OP(=O)(O)OP(=O)(O)OP(=O)(O)OP(=O)(O)OP(=O)(O)O1.[Na+].[O-]Cl. The summed E-state index contributed by atoms with van der Waals surface area (Å²) in [5.41, 5.74) is 0. The molecule has 0 bridgehead atoms. The van der Waals surface area contributed by atoms with E-state index in [0.29, 0.717) is 0 Å². The molecule has 0 unspecified atom stereocenters. The molecular formula is H6ClNaO19P6. The molecule has 1 aliphatic heterocycles. The van der Waals surface area contributed by atoms with Gasteiger partial charge in [0.15, 0.2) is 0 Å². The third-order valence-electron chi connectivity index (χ3n) is 1.24. The van der Waals surface area contributed by atoms with Crippen molar-refractivity contribution in [3.63, 3.8) is 0 Å². The minimum absolute atomic E-state index is 0. The van der Waals surface area contributed by atoms with Gasteiger partial charge in [-0.15, -0.1) is 0 Å². The van der Waals surface area contributed by atoms with E-state index in [4.69, 9.17) is 34.0 Å². The van der Waals surface area contributed by atoms with E-state index in [1.807, 2.05) is 0 Å². The molecule has 0 radical (unpaired) electrons. The van der Waals surface area contributed by atoms with Gasteiger partial charge in [-0.25, -0.2) is 39.3 Å². The van der Waals surface area contributed by atoms with Crippen LogP contribution in [0.4, 0.5) is 0 Å². The monoisotopic (exact) mass is 554 g/mol. The molecule has 27 heteroatoms. The summed E-state index contributed by atoms with van der Waals surface area (Å²) in [7, 11) is -36.7. The second kappa shape index (κ2) is 10.6. The van der Waals surface area contributed by atoms with Gasteiger partial charge in [0, 0.05) is 0 Å². The molecule has 27 heavy (non-hydrogen) atoms. The first-order valence-electron chi connectivity index (χ1n) is 4.64. The number of halogens is 1. The van der Waals surface area contributed by atoms with Crippen molar-refractivity contribution >= 4 is 58.8 Å². The maximum Gasteiger partial charge on any atom is 1.00 e. The second-order valence-electron chi connectivity index (χ2n) is 3.30. The Morgan fingerprint density at radius 1 is 0.444 bits per heavy atom. The molecule has 158 valence electrons. The van der Waals surface area contributed by atoms with Crippen LogP contribution in [0, 0.1) is 0 Å². The normalized spacial score (nSPS) is 49.3. The fourth-order valence-electron chi connectivity index (χ4n) is 0.872. The van der Waals surface area contributed by atoms with Crippen molar-refractivity contribution in [2.75, 3.05) is 0 Å². The molecule has 1 aliphatic rings. The quantitative estimate of drug-likeness (QED) is 0.130. The van der Waals surface area contributed by atoms with E-state index in [2.05, 4.69) is 37.7 Å². The molecule has 0 aromatic rings. The van der Waals surface area contributed by atoms with Gasteiger partial charge < -0.3 is 34.0 Å². The third-order valence-corrected chi connectivity index (χ3v) is 11.1. The van der Waals surface area contributed by atoms with Crippen molar-refractivity contribution in [3.8, 4) is 0 Å². The van der Waals surface area contributed by atoms with Crippen LogP contribution in [-0.2, 0) is 53.3 Å². The summed E-state index contributed by atoms with van der Waals surface area (Å²) in [6.07, 6.45) is 0. The first-order valence-corrected chi connectivity index (χ1v) is 13.9. The topological polar surface area (TPSA) is 302 Å². The average molecular weight is 554 g/mol. The summed E-state index contributed by atoms with van der Waals surface area (Å²) in [4.78, 5) is 53.6. The van der Waals surface area contributed by atoms with Gasteiger partial charge in [0.05, 0.1) is 0 Å². The van der Waals surface area contributed by atoms with Gasteiger partial charge in [-0.2, -0.15) is 25.9 Å². The van der Waals surface area contributed by atoms with Crippen LogP contribution in [0.3, 0.4) is 0 Å². The standard InChI is InChI=1S/ClO.Na.H6O18P6/c1-2;;1-19(2)13-20(3,4)15-22(7,8)17-24(11,12)18-23(9,10)16-21(5,6)14-19/h;;(H,1,2)(H,3,4)(H,5,6)(H,7,8)(H,9,10)(H,11,12)/q-1;+1;. The van der Waals surface area contributed by atoms with Gasteiger partial charge in [-0.05, 0) is 0 Å². The molecule has 19 nitrogen and oxygen atoms in total. The summed E-state index contributed by atoms with van der Waals surface area (Å²) in [6.45, 7) is 0. The van der Waals surface area contributed by atoms with Gasteiger partial charge in [-0.1, -0.05) is 0 Å². The number of phosphoric acid groups is 6. The van der Waals surface area contributed by atoms with E-state index in [9.17, 15) is 27.4 Å². The molecule has 0 aliphatic carbocycles. The zero-order valence-corrected chi connectivity index (χ0v) is 20.2. The first-order chi connectivity index (χ1) is 11.2. The van der Waals surface area contributed by atoms with Gasteiger partial charge in [0.1, 0.15) is 0 Å². The van der Waals surface area contributed by atoms with Crippen molar-refractivity contribution in [3.05, 3.63) is 0 Å². The first kappa shape index (κ1) is 31.3. The molecule has 0 aromatic heterocycles. The number of rotatable bonds is 0. The maximum atomic E-state index is 11.2. The van der Waals surface area contributed by atoms with E-state index in [0.717, 1.165) is 0 Å². The maximum absolute atomic E-state index is 11.2. The summed E-state index contributed by atoms with van der Waals surface area (Å²) in [5, 5.41) is 0. The molecule has 1 heterocycles. The molecule has 6 N–H and O–H groups in total. The van der Waals surface area contributed by atoms with Crippen LogP contribution in [0.2, 0.25) is 0 Å². The van der Waals surface area contributed by atoms with Gasteiger partial charge in [-0.3, -0.25) is 0 Å². The largest absolute Gasteiger partial charge is 1.00 e. The van der Waals surface area contributed by atoms with Crippen LogP contribution in [-0.4, -0.2) is 29.4 Å². The minimum Gasteiger partial charge on any atom is -0.769 e. The molecular weight excluding hydrogens is 548 g/mol. The van der Waals surface area contributed by atoms with Gasteiger partial charge in [0.2, 0.25) is 0 Å². The van der Waals surface area contributed by atoms with Crippen LogP contribution in [0.25, 0.3) is 0 Å². The van der Waals surface area contributed by atoms with E-state index in [-0.39, 0.29) is 29.6 Å². The zero-order valence-electron chi connectivity index (χ0n) is 12.1. The Hall–Kier alpha value is 2.15. The summed E-state index contributed by atoms with van der Waals surface area (Å²) < 4.78 is 94.6. The predicted octanol–water partition coefficient (Wildman–Crippen LogP) is -2.79. The van der Waals surface area contributed by atoms with Crippen molar-refractivity contribution in [2.45, 2.75) is 0 Å². The Balaban J connectivity index is 0. The molecule has 0 aromatic carbocycles. The van der Waals surface area contributed by atoms with Crippen molar-refractivity contribution in [2.24, 2.45) is 0 Å². The Bertz CT molecular complexity index is 587. The summed E-state index contributed by atoms with van der Waals surface area (Å²) >= 11 is 3.39. The van der Waals surface area contributed by atoms with Gasteiger partial charge >= 0.3 is 76.5 Å². The van der Waals surface area contributed by atoms with E-state index in [1.165, 1.54) is 0 Å². The van der Waals surface area contributed by atoms with Crippen molar-refractivity contribution in [1.29, 1.82) is 0 Å². The third kappa shape index (κ3) is 13.2. The fourth-order valence-corrected chi connectivity index (χ4v) is 9.46. The van der Waals surface area contributed by atoms with E-state index < -0.39 is 46.9 Å². The Morgan fingerprint density at radius 3 is 0.593 bits per heavy atom. The molecule has 1 rings (SSSR count). The average Bonchev–Trinajstić information content (AvgIpc) is 2.17. The molecule has 1 saturated heterocycles. The predicted molar refractivity (Wildman–Crippen MR) is 71.3 cm³/mol. The van der Waals surface area contributed by atoms with Gasteiger partial charge in [0.25, 0.3) is 0 Å². The Labute approximate surface area is 175 Å². The number of hydrogen-bond acceptors (Lipinski definition) is 13. The summed E-state index contributed by atoms with van der Waals surface area (Å²) in [5.74, 6) is 0. The van der Waals surface area contributed by atoms with E-state index >= 15 is 0 Å². The van der Waals surface area contributed by atoms with Crippen LogP contribution in [0.5, 0.6) is 0 Å². The van der Waals surface area contributed by atoms with Crippen molar-refractivity contribution < 1.29 is 117 Å².